The number of phenolic OH excluding ortho intramolecular Hbond substituents is 1. The zero-order chi connectivity index (χ0) is 17.9. The molecule has 0 aliphatic carbocycles. The number of anilines is 1. The Morgan fingerprint density at radius 1 is 0.880 bits per heavy atom. The number of pyridine rings is 1. The molecular weight excluding hydrogens is 308 g/mol. The molecule has 3 heteroatoms. The van der Waals surface area contributed by atoms with Gasteiger partial charge in [-0.25, -0.2) is 0 Å². The molecule has 1 heterocycles. The van der Waals surface area contributed by atoms with Gasteiger partial charge >= 0.3 is 0 Å². The number of phenols is 1. The van der Waals surface area contributed by atoms with Crippen LogP contribution in [-0.2, 0) is 0 Å². The van der Waals surface area contributed by atoms with Crippen LogP contribution in [0.3, 0.4) is 0 Å². The van der Waals surface area contributed by atoms with E-state index in [2.05, 4.69) is 23.3 Å². The number of aromatic nitrogens is 1. The summed E-state index contributed by atoms with van der Waals surface area (Å²) in [6, 6.07) is 7.49. The van der Waals surface area contributed by atoms with Gasteiger partial charge in [0.05, 0.1) is 5.52 Å². The minimum absolute atomic E-state index is 0.270. The van der Waals surface area contributed by atoms with Crippen LogP contribution in [0.25, 0.3) is 10.9 Å². The van der Waals surface area contributed by atoms with Gasteiger partial charge in [0.2, 0.25) is 0 Å². The molecule has 1 aromatic carbocycles. The van der Waals surface area contributed by atoms with Crippen LogP contribution in [0.2, 0.25) is 0 Å². The Labute approximate surface area is 152 Å². The van der Waals surface area contributed by atoms with Crippen LogP contribution < -0.4 is 5.32 Å². The fourth-order valence-corrected chi connectivity index (χ4v) is 3.33. The van der Waals surface area contributed by atoms with Crippen LogP contribution in [0.1, 0.15) is 76.8 Å². The van der Waals surface area contributed by atoms with Gasteiger partial charge in [-0.15, -0.1) is 0 Å². The van der Waals surface area contributed by atoms with E-state index in [4.69, 9.17) is 0 Å². The lowest BCUT2D eigenvalue weighted by atomic mass is 10.1. The molecule has 0 saturated heterocycles. The SMILES string of the molecule is CCCCCCCCCCCCNc1cc(C)nc2cc(O)ccc12. The maximum atomic E-state index is 9.63. The molecule has 0 unspecified atom stereocenters. The van der Waals surface area contributed by atoms with Crippen molar-refractivity contribution in [1.29, 1.82) is 0 Å². The predicted octanol–water partition coefficient (Wildman–Crippen LogP) is 6.58. The van der Waals surface area contributed by atoms with Crippen LogP contribution >= 0.6 is 0 Å². The number of benzene rings is 1. The highest BCUT2D eigenvalue weighted by Crippen LogP contribution is 2.26. The van der Waals surface area contributed by atoms with Crippen LogP contribution in [0.5, 0.6) is 5.75 Å². The van der Waals surface area contributed by atoms with Crippen molar-refractivity contribution >= 4 is 16.6 Å². The number of fused-ring (bicyclic) bond motifs is 1. The molecule has 2 aromatic rings. The molecule has 0 amide bonds. The van der Waals surface area contributed by atoms with E-state index < -0.39 is 0 Å². The first kappa shape index (κ1) is 19.6. The zero-order valence-electron chi connectivity index (χ0n) is 16.0. The smallest absolute Gasteiger partial charge is 0.117 e. The van der Waals surface area contributed by atoms with Crippen molar-refractivity contribution in [1.82, 2.24) is 4.98 Å². The van der Waals surface area contributed by atoms with Crippen molar-refractivity contribution < 1.29 is 5.11 Å². The molecule has 138 valence electrons. The van der Waals surface area contributed by atoms with E-state index >= 15 is 0 Å². The van der Waals surface area contributed by atoms with E-state index in [0.717, 1.165) is 28.8 Å². The van der Waals surface area contributed by atoms with Gasteiger partial charge in [-0.3, -0.25) is 4.98 Å². The second-order valence-corrected chi connectivity index (χ2v) is 7.12. The predicted molar refractivity (Wildman–Crippen MR) is 108 cm³/mol. The first-order valence-corrected chi connectivity index (χ1v) is 10.0. The molecule has 0 atom stereocenters. The van der Waals surface area contributed by atoms with Crippen LogP contribution in [-0.4, -0.2) is 16.6 Å². The number of hydrogen-bond donors (Lipinski definition) is 2. The molecule has 0 saturated carbocycles. The van der Waals surface area contributed by atoms with E-state index in [1.54, 1.807) is 12.1 Å². The highest BCUT2D eigenvalue weighted by atomic mass is 16.3. The van der Waals surface area contributed by atoms with Crippen molar-refractivity contribution in [2.24, 2.45) is 0 Å². The Morgan fingerprint density at radius 2 is 1.52 bits per heavy atom. The third-order valence-corrected chi connectivity index (χ3v) is 4.77. The van der Waals surface area contributed by atoms with Crippen molar-refractivity contribution in [3.63, 3.8) is 0 Å². The lowest BCUT2D eigenvalue weighted by Crippen LogP contribution is -2.03. The summed E-state index contributed by atoms with van der Waals surface area (Å²) >= 11 is 0. The second-order valence-electron chi connectivity index (χ2n) is 7.12. The summed E-state index contributed by atoms with van der Waals surface area (Å²) in [5, 5.41) is 14.3. The molecule has 3 nitrogen and oxygen atoms in total. The van der Waals surface area contributed by atoms with Gasteiger partial charge in [-0.05, 0) is 31.5 Å². The number of nitrogens with zero attached hydrogens (tertiary/aromatic N) is 1. The summed E-state index contributed by atoms with van der Waals surface area (Å²) in [7, 11) is 0. The molecule has 1 aromatic heterocycles. The van der Waals surface area contributed by atoms with E-state index in [0.29, 0.717) is 0 Å². The molecule has 0 spiro atoms. The summed E-state index contributed by atoms with van der Waals surface area (Å²) in [6.45, 7) is 5.26. The Morgan fingerprint density at radius 3 is 2.20 bits per heavy atom. The molecule has 0 radical (unpaired) electrons. The summed E-state index contributed by atoms with van der Waals surface area (Å²) in [6.07, 6.45) is 13.6. The average molecular weight is 343 g/mol. The van der Waals surface area contributed by atoms with Gasteiger partial charge in [0.25, 0.3) is 0 Å². The van der Waals surface area contributed by atoms with E-state index in [1.165, 1.54) is 64.2 Å². The van der Waals surface area contributed by atoms with Gasteiger partial charge in [0, 0.05) is 29.4 Å². The minimum atomic E-state index is 0.270. The first-order chi connectivity index (χ1) is 12.2. The standard InChI is InChI=1S/C22H34N2O/c1-3-4-5-6-7-8-9-10-11-12-15-23-21-16-18(2)24-22-17-19(25)13-14-20(21)22/h13-14,16-17,25H,3-12,15H2,1-2H3,(H,23,24). The molecule has 2 rings (SSSR count). The average Bonchev–Trinajstić information content (AvgIpc) is 2.59. The highest BCUT2D eigenvalue weighted by Gasteiger charge is 2.04. The van der Waals surface area contributed by atoms with Crippen LogP contribution in [0, 0.1) is 6.92 Å². The molecule has 0 bridgehead atoms. The Balaban J connectivity index is 1.65. The minimum Gasteiger partial charge on any atom is -0.508 e. The molecule has 0 aliphatic rings. The third kappa shape index (κ3) is 6.93. The lowest BCUT2D eigenvalue weighted by molar-refractivity contribution is 0.476. The quantitative estimate of drug-likeness (QED) is 0.428. The van der Waals surface area contributed by atoms with Crippen LogP contribution in [0.15, 0.2) is 24.3 Å². The van der Waals surface area contributed by atoms with Gasteiger partial charge in [0.15, 0.2) is 0 Å². The lowest BCUT2D eigenvalue weighted by Gasteiger charge is -2.11. The van der Waals surface area contributed by atoms with Crippen molar-refractivity contribution in [2.45, 2.75) is 78.1 Å². The Kier molecular flexibility index (Phi) is 8.58. The number of unbranched alkanes of at least 4 members (excludes halogenated alkanes) is 9. The van der Waals surface area contributed by atoms with Crippen LogP contribution in [0.4, 0.5) is 5.69 Å². The van der Waals surface area contributed by atoms with Gasteiger partial charge in [-0.2, -0.15) is 0 Å². The monoisotopic (exact) mass is 342 g/mol. The van der Waals surface area contributed by atoms with E-state index in [-0.39, 0.29) is 5.75 Å². The number of rotatable bonds is 12. The fourth-order valence-electron chi connectivity index (χ4n) is 3.33. The summed E-state index contributed by atoms with van der Waals surface area (Å²) in [5.41, 5.74) is 2.95. The summed E-state index contributed by atoms with van der Waals surface area (Å²) in [5.74, 6) is 0.270. The topological polar surface area (TPSA) is 45.2 Å². The second kappa shape index (κ2) is 11.0. The maximum absolute atomic E-state index is 9.63. The molecule has 0 aliphatic heterocycles. The third-order valence-electron chi connectivity index (χ3n) is 4.77. The number of hydrogen-bond acceptors (Lipinski definition) is 3. The van der Waals surface area contributed by atoms with Gasteiger partial charge in [0.1, 0.15) is 5.75 Å². The Bertz CT molecular complexity index is 634. The number of nitrogens with one attached hydrogen (secondary N) is 1. The van der Waals surface area contributed by atoms with Crippen molar-refractivity contribution in [2.75, 3.05) is 11.9 Å². The summed E-state index contributed by atoms with van der Waals surface area (Å²) in [4.78, 5) is 4.50. The first-order valence-electron chi connectivity index (χ1n) is 10.0. The maximum Gasteiger partial charge on any atom is 0.117 e. The molecule has 25 heavy (non-hydrogen) atoms. The van der Waals surface area contributed by atoms with E-state index in [9.17, 15) is 5.11 Å². The zero-order valence-corrected chi connectivity index (χ0v) is 16.0. The molecule has 2 N–H and O–H groups in total. The molecule has 0 fully saturated rings. The van der Waals surface area contributed by atoms with Gasteiger partial charge < -0.3 is 10.4 Å². The number of aromatic hydroxyl groups is 1. The van der Waals surface area contributed by atoms with Gasteiger partial charge in [-0.1, -0.05) is 64.7 Å². The van der Waals surface area contributed by atoms with Crippen molar-refractivity contribution in [3.05, 3.63) is 30.0 Å². The van der Waals surface area contributed by atoms with E-state index in [1.807, 2.05) is 13.0 Å². The fraction of sp³-hybridized carbons (Fsp3) is 0.591. The highest BCUT2D eigenvalue weighted by molar-refractivity contribution is 5.92. The summed E-state index contributed by atoms with van der Waals surface area (Å²) < 4.78 is 0. The van der Waals surface area contributed by atoms with Crippen molar-refractivity contribution in [3.8, 4) is 5.75 Å². The molecular formula is C22H34N2O. The Hall–Kier alpha value is -1.77. The number of aryl methyl sites for hydroxylation is 1. The normalized spacial score (nSPS) is 11.1. The largest absolute Gasteiger partial charge is 0.508 e.